The van der Waals surface area contributed by atoms with E-state index in [2.05, 4.69) is 4.98 Å². The van der Waals surface area contributed by atoms with Crippen molar-refractivity contribution in [1.82, 2.24) is 4.98 Å². The van der Waals surface area contributed by atoms with Gasteiger partial charge in [0.25, 0.3) is 5.91 Å². The molecule has 29 heavy (non-hydrogen) atoms. The lowest BCUT2D eigenvalue weighted by Crippen LogP contribution is -2.23. The number of hydrogen-bond acceptors (Lipinski definition) is 4. The number of para-hydroxylation sites is 1. The SMILES string of the molecule is COc1cccc(N(C(=O)C=Cc2cccc(F)c2)c2nc3ccccc3s2)c1. The van der Waals surface area contributed by atoms with Crippen molar-refractivity contribution in [3.8, 4) is 5.75 Å². The third-order valence-corrected chi connectivity index (χ3v) is 5.29. The minimum absolute atomic E-state index is 0.290. The molecule has 0 unspecified atom stereocenters. The van der Waals surface area contributed by atoms with Gasteiger partial charge >= 0.3 is 0 Å². The fourth-order valence-electron chi connectivity index (χ4n) is 2.89. The van der Waals surface area contributed by atoms with Crippen LogP contribution in [0.2, 0.25) is 0 Å². The number of hydrogen-bond donors (Lipinski definition) is 0. The zero-order chi connectivity index (χ0) is 20.2. The minimum atomic E-state index is -0.351. The Bertz CT molecular complexity index is 1170. The molecule has 0 aliphatic heterocycles. The van der Waals surface area contributed by atoms with Crippen LogP contribution in [0.4, 0.5) is 15.2 Å². The van der Waals surface area contributed by atoms with Crippen LogP contribution in [0, 0.1) is 5.82 Å². The third kappa shape index (κ3) is 4.17. The highest BCUT2D eigenvalue weighted by molar-refractivity contribution is 7.22. The summed E-state index contributed by atoms with van der Waals surface area (Å²) in [4.78, 5) is 19.3. The molecule has 1 amide bonds. The van der Waals surface area contributed by atoms with Crippen molar-refractivity contribution >= 4 is 44.4 Å². The molecule has 0 aliphatic carbocycles. The van der Waals surface area contributed by atoms with Crippen molar-refractivity contribution in [2.24, 2.45) is 0 Å². The van der Waals surface area contributed by atoms with Gasteiger partial charge in [-0.2, -0.15) is 0 Å². The summed E-state index contributed by atoms with van der Waals surface area (Å²) in [5.74, 6) is -0.00693. The van der Waals surface area contributed by atoms with Crippen molar-refractivity contribution in [2.45, 2.75) is 0 Å². The Labute approximate surface area is 171 Å². The summed E-state index contributed by atoms with van der Waals surface area (Å²) in [7, 11) is 1.58. The quantitative estimate of drug-likeness (QED) is 0.394. The van der Waals surface area contributed by atoms with Gasteiger partial charge < -0.3 is 4.74 Å². The Morgan fingerprint density at radius 2 is 1.90 bits per heavy atom. The van der Waals surface area contributed by atoms with E-state index in [0.717, 1.165) is 10.2 Å². The van der Waals surface area contributed by atoms with Gasteiger partial charge in [0, 0.05) is 12.1 Å². The molecule has 6 heteroatoms. The molecular weight excluding hydrogens is 387 g/mol. The van der Waals surface area contributed by atoms with E-state index in [1.54, 1.807) is 31.4 Å². The lowest BCUT2D eigenvalue weighted by Gasteiger charge is -2.19. The molecule has 0 atom stereocenters. The molecule has 0 aliphatic rings. The van der Waals surface area contributed by atoms with Crippen LogP contribution in [-0.4, -0.2) is 18.0 Å². The largest absolute Gasteiger partial charge is 0.497 e. The average Bonchev–Trinajstić information content (AvgIpc) is 3.16. The molecule has 4 nitrogen and oxygen atoms in total. The molecule has 0 saturated carbocycles. The van der Waals surface area contributed by atoms with Crippen LogP contribution < -0.4 is 9.64 Å². The average molecular weight is 404 g/mol. The number of rotatable bonds is 5. The number of thiazole rings is 1. The predicted octanol–water partition coefficient (Wildman–Crippen LogP) is 5.82. The molecule has 4 aromatic rings. The monoisotopic (exact) mass is 404 g/mol. The lowest BCUT2D eigenvalue weighted by atomic mass is 10.2. The van der Waals surface area contributed by atoms with Crippen molar-refractivity contribution in [2.75, 3.05) is 12.0 Å². The van der Waals surface area contributed by atoms with E-state index in [-0.39, 0.29) is 11.7 Å². The van der Waals surface area contributed by atoms with Crippen molar-refractivity contribution in [3.05, 3.63) is 90.3 Å². The fourth-order valence-corrected chi connectivity index (χ4v) is 3.88. The van der Waals surface area contributed by atoms with Gasteiger partial charge in [-0.1, -0.05) is 41.7 Å². The van der Waals surface area contributed by atoms with Gasteiger partial charge in [-0.15, -0.1) is 0 Å². The standard InChI is InChI=1S/C23H17FN2O2S/c1-28-19-9-5-8-18(15-19)26(23-25-20-10-2-3-11-21(20)29-23)22(27)13-12-16-6-4-7-17(24)14-16/h2-15H,1H3. The highest BCUT2D eigenvalue weighted by Gasteiger charge is 2.20. The molecule has 3 aromatic carbocycles. The fraction of sp³-hybridized carbons (Fsp3) is 0.0435. The maximum atomic E-state index is 13.4. The Morgan fingerprint density at radius 1 is 1.07 bits per heavy atom. The zero-order valence-electron chi connectivity index (χ0n) is 15.6. The summed E-state index contributed by atoms with van der Waals surface area (Å²) < 4.78 is 19.7. The number of carbonyl (C=O) groups excluding carboxylic acids is 1. The summed E-state index contributed by atoms with van der Waals surface area (Å²) in [5, 5.41) is 0.549. The van der Waals surface area contributed by atoms with E-state index < -0.39 is 0 Å². The van der Waals surface area contributed by atoms with Crippen LogP contribution in [-0.2, 0) is 4.79 Å². The van der Waals surface area contributed by atoms with Crippen LogP contribution in [0.15, 0.2) is 78.9 Å². The van der Waals surface area contributed by atoms with E-state index in [1.807, 2.05) is 42.5 Å². The predicted molar refractivity (Wildman–Crippen MR) is 115 cm³/mol. The van der Waals surface area contributed by atoms with Crippen molar-refractivity contribution < 1.29 is 13.9 Å². The van der Waals surface area contributed by atoms with Crippen LogP contribution >= 0.6 is 11.3 Å². The van der Waals surface area contributed by atoms with Gasteiger partial charge in [-0.3, -0.25) is 9.69 Å². The van der Waals surface area contributed by atoms with Gasteiger partial charge in [-0.05, 0) is 48.0 Å². The summed E-state index contributed by atoms with van der Waals surface area (Å²) in [6.07, 6.45) is 3.01. The van der Waals surface area contributed by atoms with Gasteiger partial charge in [-0.25, -0.2) is 9.37 Å². The van der Waals surface area contributed by atoms with E-state index in [0.29, 0.717) is 22.1 Å². The molecule has 1 heterocycles. The van der Waals surface area contributed by atoms with Gasteiger partial charge in [0.15, 0.2) is 5.13 Å². The first kappa shape index (κ1) is 18.8. The number of methoxy groups -OCH3 is 1. The van der Waals surface area contributed by atoms with Crippen molar-refractivity contribution in [3.63, 3.8) is 0 Å². The highest BCUT2D eigenvalue weighted by Crippen LogP contribution is 2.35. The Balaban J connectivity index is 1.75. The van der Waals surface area contributed by atoms with Gasteiger partial charge in [0.2, 0.25) is 0 Å². The maximum Gasteiger partial charge on any atom is 0.257 e. The molecule has 0 saturated heterocycles. The summed E-state index contributed by atoms with van der Waals surface area (Å²) in [6.45, 7) is 0. The normalized spacial score (nSPS) is 11.1. The van der Waals surface area contributed by atoms with Crippen molar-refractivity contribution in [1.29, 1.82) is 0 Å². The first-order valence-corrected chi connectivity index (χ1v) is 9.73. The number of amides is 1. The summed E-state index contributed by atoms with van der Waals surface area (Å²) >= 11 is 1.43. The molecular formula is C23H17FN2O2S. The van der Waals surface area contributed by atoms with E-state index in [4.69, 9.17) is 4.74 Å². The number of benzene rings is 3. The number of anilines is 2. The third-order valence-electron chi connectivity index (χ3n) is 4.27. The number of carbonyl (C=O) groups is 1. The Hall–Kier alpha value is -3.51. The lowest BCUT2D eigenvalue weighted by molar-refractivity contribution is -0.113. The maximum absolute atomic E-state index is 13.4. The second-order valence-corrected chi connectivity index (χ2v) is 7.24. The molecule has 0 radical (unpaired) electrons. The van der Waals surface area contributed by atoms with Crippen LogP contribution in [0.25, 0.3) is 16.3 Å². The smallest absolute Gasteiger partial charge is 0.257 e. The molecule has 0 bridgehead atoms. The van der Waals surface area contributed by atoms with E-state index in [1.165, 1.54) is 34.4 Å². The second kappa shape index (κ2) is 8.24. The Kier molecular flexibility index (Phi) is 5.35. The van der Waals surface area contributed by atoms with Crippen LogP contribution in [0.1, 0.15) is 5.56 Å². The van der Waals surface area contributed by atoms with Gasteiger partial charge in [0.1, 0.15) is 11.6 Å². The van der Waals surface area contributed by atoms with E-state index >= 15 is 0 Å². The molecule has 144 valence electrons. The second-order valence-electron chi connectivity index (χ2n) is 6.23. The number of halogens is 1. The van der Waals surface area contributed by atoms with Crippen LogP contribution in [0.5, 0.6) is 5.75 Å². The minimum Gasteiger partial charge on any atom is -0.497 e. The summed E-state index contributed by atoms with van der Waals surface area (Å²) in [5.41, 5.74) is 2.06. The highest BCUT2D eigenvalue weighted by atomic mass is 32.1. The molecule has 4 rings (SSSR count). The number of ether oxygens (including phenoxy) is 1. The topological polar surface area (TPSA) is 42.4 Å². The molecule has 0 N–H and O–H groups in total. The van der Waals surface area contributed by atoms with Gasteiger partial charge in [0.05, 0.1) is 23.0 Å². The Morgan fingerprint density at radius 3 is 2.69 bits per heavy atom. The summed E-state index contributed by atoms with van der Waals surface area (Å²) in [6, 6.07) is 21.0. The number of fused-ring (bicyclic) bond motifs is 1. The number of nitrogens with zero attached hydrogens (tertiary/aromatic N) is 2. The molecule has 0 spiro atoms. The number of aromatic nitrogens is 1. The van der Waals surface area contributed by atoms with E-state index in [9.17, 15) is 9.18 Å². The first-order valence-electron chi connectivity index (χ1n) is 8.91. The van der Waals surface area contributed by atoms with Crippen LogP contribution in [0.3, 0.4) is 0 Å². The zero-order valence-corrected chi connectivity index (χ0v) is 16.4. The molecule has 1 aromatic heterocycles. The molecule has 0 fully saturated rings. The first-order chi connectivity index (χ1) is 14.1.